The third-order valence-corrected chi connectivity index (χ3v) is 7.09. The van der Waals surface area contributed by atoms with E-state index in [-0.39, 0.29) is 24.1 Å². The van der Waals surface area contributed by atoms with Crippen LogP contribution in [0.4, 0.5) is 11.4 Å². The van der Waals surface area contributed by atoms with Crippen LogP contribution in [-0.2, 0) is 16.1 Å². The average Bonchev–Trinajstić information content (AvgIpc) is 3.14. The van der Waals surface area contributed by atoms with Gasteiger partial charge in [0, 0.05) is 25.5 Å². The molecule has 1 aromatic carbocycles. The normalized spacial score (nSPS) is 14.3. The Morgan fingerprint density at radius 3 is 2.55 bits per heavy atom. The molecule has 3 aromatic rings. The zero-order chi connectivity index (χ0) is 23.5. The summed E-state index contributed by atoms with van der Waals surface area (Å²) in [5, 5.41) is 3.16. The van der Waals surface area contributed by atoms with Crippen molar-refractivity contribution < 1.29 is 14.3 Å². The van der Waals surface area contributed by atoms with Crippen LogP contribution < -0.4 is 15.8 Å². The van der Waals surface area contributed by atoms with E-state index < -0.39 is 5.97 Å². The summed E-state index contributed by atoms with van der Waals surface area (Å²) in [6, 6.07) is 7.42. The Hall–Kier alpha value is -3.20. The van der Waals surface area contributed by atoms with Gasteiger partial charge in [-0.15, -0.1) is 11.3 Å². The van der Waals surface area contributed by atoms with Gasteiger partial charge in [0.25, 0.3) is 5.56 Å². The quantitative estimate of drug-likeness (QED) is 0.551. The van der Waals surface area contributed by atoms with Crippen molar-refractivity contribution in [3.05, 3.63) is 51.4 Å². The number of carbonyl (C=O) groups is 2. The number of fused-ring (bicyclic) bond motifs is 1. The lowest BCUT2D eigenvalue weighted by atomic mass is 9.98. The van der Waals surface area contributed by atoms with Gasteiger partial charge in [-0.05, 0) is 62.4 Å². The van der Waals surface area contributed by atoms with E-state index in [0.29, 0.717) is 26.3 Å². The second-order valence-corrected chi connectivity index (χ2v) is 9.57. The van der Waals surface area contributed by atoms with Crippen LogP contribution in [0.15, 0.2) is 35.4 Å². The van der Waals surface area contributed by atoms with Crippen LogP contribution in [0.5, 0.6) is 0 Å². The van der Waals surface area contributed by atoms with Crippen LogP contribution >= 0.6 is 11.3 Å². The van der Waals surface area contributed by atoms with Crippen molar-refractivity contribution in [2.45, 2.75) is 51.7 Å². The van der Waals surface area contributed by atoms with E-state index >= 15 is 0 Å². The average molecular weight is 469 g/mol. The number of hydrogen-bond acceptors (Lipinski definition) is 7. The number of ether oxygens (including phenoxy) is 1. The molecule has 0 spiro atoms. The smallest absolute Gasteiger partial charge is 0.348 e. The molecular formula is C24H28N4O4S. The fourth-order valence-electron chi connectivity index (χ4n) is 4.05. The maximum atomic E-state index is 13.1. The van der Waals surface area contributed by atoms with E-state index in [4.69, 9.17) is 4.74 Å². The summed E-state index contributed by atoms with van der Waals surface area (Å²) in [6.45, 7) is 1.56. The lowest BCUT2D eigenvalue weighted by Crippen LogP contribution is -2.28. The van der Waals surface area contributed by atoms with E-state index in [2.05, 4.69) is 10.3 Å². The molecule has 1 N–H and O–H groups in total. The van der Waals surface area contributed by atoms with Gasteiger partial charge in [-0.25, -0.2) is 9.78 Å². The highest BCUT2D eigenvalue weighted by Gasteiger charge is 2.24. The standard InChI is InChI=1S/C24H28N4O4S/c1-15-20-22(33-21(15)24(31)32-18-7-5-4-6-8-18)25-14-28(23(20)30)13-19(29)26-16-9-11-17(12-10-16)27(2)3/h9-12,14,18H,4-8,13H2,1-3H3,(H,26,29). The molecule has 2 heterocycles. The van der Waals surface area contributed by atoms with Crippen molar-refractivity contribution >= 4 is 44.8 Å². The van der Waals surface area contributed by atoms with Crippen molar-refractivity contribution in [3.8, 4) is 0 Å². The summed E-state index contributed by atoms with van der Waals surface area (Å²) in [6.07, 6.45) is 6.37. The Labute approximate surface area is 196 Å². The van der Waals surface area contributed by atoms with Crippen LogP contribution in [0.1, 0.15) is 47.3 Å². The highest BCUT2D eigenvalue weighted by Crippen LogP contribution is 2.29. The zero-order valence-electron chi connectivity index (χ0n) is 19.1. The van der Waals surface area contributed by atoms with Crippen molar-refractivity contribution in [3.63, 3.8) is 0 Å². The van der Waals surface area contributed by atoms with Crippen molar-refractivity contribution in [1.82, 2.24) is 9.55 Å². The number of thiophene rings is 1. The highest BCUT2D eigenvalue weighted by atomic mass is 32.1. The molecule has 1 aliphatic rings. The topological polar surface area (TPSA) is 93.5 Å². The van der Waals surface area contributed by atoms with Gasteiger partial charge in [0.05, 0.1) is 11.7 Å². The second kappa shape index (κ2) is 9.74. The maximum absolute atomic E-state index is 13.1. The number of aryl methyl sites for hydroxylation is 1. The van der Waals surface area contributed by atoms with Crippen LogP contribution in [0.2, 0.25) is 0 Å². The zero-order valence-corrected chi connectivity index (χ0v) is 19.9. The predicted octanol–water partition coefficient (Wildman–Crippen LogP) is 3.96. The first kappa shape index (κ1) is 23.0. The van der Waals surface area contributed by atoms with Gasteiger partial charge in [-0.2, -0.15) is 0 Å². The number of nitrogens with one attached hydrogen (secondary N) is 1. The fourth-order valence-corrected chi connectivity index (χ4v) is 5.07. The molecule has 0 saturated heterocycles. The van der Waals surface area contributed by atoms with Gasteiger partial charge in [0.1, 0.15) is 22.4 Å². The van der Waals surface area contributed by atoms with Crippen LogP contribution in [0, 0.1) is 6.92 Å². The van der Waals surface area contributed by atoms with E-state index in [9.17, 15) is 14.4 Å². The first-order valence-corrected chi connectivity index (χ1v) is 11.9. The third-order valence-electron chi connectivity index (χ3n) is 5.91. The van der Waals surface area contributed by atoms with Crippen molar-refractivity contribution in [1.29, 1.82) is 0 Å². The molecule has 0 radical (unpaired) electrons. The Bertz CT molecular complexity index is 1220. The van der Waals surface area contributed by atoms with Gasteiger partial charge >= 0.3 is 5.97 Å². The lowest BCUT2D eigenvalue weighted by molar-refractivity contribution is -0.116. The molecule has 1 amide bonds. The predicted molar refractivity (Wildman–Crippen MR) is 130 cm³/mol. The number of amides is 1. The van der Waals surface area contributed by atoms with Gasteiger partial charge in [-0.3, -0.25) is 14.2 Å². The summed E-state index contributed by atoms with van der Waals surface area (Å²) in [5.41, 5.74) is 1.88. The number of nitrogens with zero attached hydrogens (tertiary/aromatic N) is 3. The highest BCUT2D eigenvalue weighted by molar-refractivity contribution is 7.20. The fraction of sp³-hybridized carbons (Fsp3) is 0.417. The number of aromatic nitrogens is 2. The van der Waals surface area contributed by atoms with E-state index in [0.717, 1.165) is 31.4 Å². The molecule has 1 aliphatic carbocycles. The molecule has 4 rings (SSSR count). The van der Waals surface area contributed by atoms with E-state index in [1.807, 2.05) is 43.3 Å². The Kier molecular flexibility index (Phi) is 6.78. The molecule has 0 aliphatic heterocycles. The Balaban J connectivity index is 1.50. The number of hydrogen-bond donors (Lipinski definition) is 1. The summed E-state index contributed by atoms with van der Waals surface area (Å²) < 4.78 is 6.95. The number of benzene rings is 1. The van der Waals surface area contributed by atoms with Crippen LogP contribution in [-0.4, -0.2) is 41.6 Å². The largest absolute Gasteiger partial charge is 0.458 e. The number of carbonyl (C=O) groups excluding carboxylic acids is 2. The van der Waals surface area contributed by atoms with Gasteiger partial charge in [-0.1, -0.05) is 6.42 Å². The molecule has 0 atom stereocenters. The third kappa shape index (κ3) is 5.08. The van der Waals surface area contributed by atoms with E-state index in [1.165, 1.54) is 28.7 Å². The summed E-state index contributed by atoms with van der Waals surface area (Å²) in [5.74, 6) is -0.729. The van der Waals surface area contributed by atoms with Crippen LogP contribution in [0.25, 0.3) is 10.2 Å². The van der Waals surface area contributed by atoms with Crippen LogP contribution in [0.3, 0.4) is 0 Å². The van der Waals surface area contributed by atoms with Crippen molar-refractivity contribution in [2.75, 3.05) is 24.3 Å². The number of anilines is 2. The van der Waals surface area contributed by atoms with Gasteiger partial charge < -0.3 is 15.0 Å². The molecule has 174 valence electrons. The Morgan fingerprint density at radius 2 is 1.88 bits per heavy atom. The molecule has 0 unspecified atom stereocenters. The van der Waals surface area contributed by atoms with Gasteiger partial charge in [0.2, 0.25) is 5.91 Å². The monoisotopic (exact) mass is 468 g/mol. The SMILES string of the molecule is Cc1c(C(=O)OC2CCCCC2)sc2ncn(CC(=O)Nc3ccc(N(C)C)cc3)c(=O)c12. The molecule has 9 heteroatoms. The molecule has 2 aromatic heterocycles. The van der Waals surface area contributed by atoms with Crippen molar-refractivity contribution in [2.24, 2.45) is 0 Å². The minimum Gasteiger partial charge on any atom is -0.458 e. The minimum atomic E-state index is -0.396. The number of esters is 1. The molecule has 8 nitrogen and oxygen atoms in total. The summed E-state index contributed by atoms with van der Waals surface area (Å²) in [7, 11) is 3.88. The molecule has 1 fully saturated rings. The minimum absolute atomic E-state index is 0.0593. The molecule has 33 heavy (non-hydrogen) atoms. The van der Waals surface area contributed by atoms with E-state index in [1.54, 1.807) is 6.92 Å². The number of rotatable bonds is 6. The summed E-state index contributed by atoms with van der Waals surface area (Å²) in [4.78, 5) is 45.5. The Morgan fingerprint density at radius 1 is 1.18 bits per heavy atom. The maximum Gasteiger partial charge on any atom is 0.348 e. The molecule has 0 bridgehead atoms. The lowest BCUT2D eigenvalue weighted by Gasteiger charge is -2.21. The second-order valence-electron chi connectivity index (χ2n) is 8.57. The summed E-state index contributed by atoms with van der Waals surface area (Å²) >= 11 is 1.17. The molecule has 1 saturated carbocycles. The first-order chi connectivity index (χ1) is 15.8. The molecular weight excluding hydrogens is 440 g/mol. The first-order valence-electron chi connectivity index (χ1n) is 11.1. The van der Waals surface area contributed by atoms with Gasteiger partial charge in [0.15, 0.2) is 0 Å².